The third-order valence-corrected chi connectivity index (χ3v) is 5.20. The van der Waals surface area contributed by atoms with Gasteiger partial charge in [0.2, 0.25) is 11.8 Å². The number of nitrogens with one attached hydrogen (secondary N) is 2. The Morgan fingerprint density at radius 1 is 1.07 bits per heavy atom. The second-order valence-corrected chi connectivity index (χ2v) is 7.08. The zero-order valence-corrected chi connectivity index (χ0v) is 15.2. The molecular formula is C22H23N3O2. The Bertz CT molecular complexity index is 948. The van der Waals surface area contributed by atoms with Crippen LogP contribution in [0.1, 0.15) is 18.4 Å². The van der Waals surface area contributed by atoms with Crippen LogP contribution in [0.5, 0.6) is 0 Å². The number of carbonyl (C=O) groups is 2. The Kier molecular flexibility index (Phi) is 4.92. The molecule has 2 aromatic carbocycles. The maximum atomic E-state index is 12.8. The lowest BCUT2D eigenvalue weighted by Crippen LogP contribution is -2.44. The van der Waals surface area contributed by atoms with Crippen molar-refractivity contribution in [3.63, 3.8) is 0 Å². The Labute approximate surface area is 158 Å². The maximum Gasteiger partial charge on any atom is 0.229 e. The average Bonchev–Trinajstić information content (AvgIpc) is 3.19. The molecule has 0 radical (unpaired) electrons. The molecule has 1 aliphatic rings. The van der Waals surface area contributed by atoms with Gasteiger partial charge < -0.3 is 15.2 Å². The molecule has 27 heavy (non-hydrogen) atoms. The zero-order chi connectivity index (χ0) is 18.6. The molecule has 1 unspecified atom stereocenters. The highest BCUT2D eigenvalue weighted by Crippen LogP contribution is 2.24. The first-order chi connectivity index (χ1) is 13.2. The van der Waals surface area contributed by atoms with E-state index < -0.39 is 0 Å². The average molecular weight is 361 g/mol. The Balaban J connectivity index is 1.41. The molecule has 5 heteroatoms. The van der Waals surface area contributed by atoms with Crippen molar-refractivity contribution in [2.24, 2.45) is 5.92 Å². The van der Waals surface area contributed by atoms with Gasteiger partial charge in [-0.3, -0.25) is 9.59 Å². The number of anilines is 1. The normalized spacial score (nSPS) is 17.0. The zero-order valence-electron chi connectivity index (χ0n) is 15.2. The summed E-state index contributed by atoms with van der Waals surface area (Å²) in [6.45, 7) is 1.21. The van der Waals surface area contributed by atoms with Crippen LogP contribution in [0.15, 0.2) is 60.8 Å². The van der Waals surface area contributed by atoms with Crippen LogP contribution < -0.4 is 5.32 Å². The Morgan fingerprint density at radius 2 is 1.93 bits per heavy atom. The maximum absolute atomic E-state index is 12.8. The van der Waals surface area contributed by atoms with Gasteiger partial charge in [-0.2, -0.15) is 0 Å². The van der Waals surface area contributed by atoms with E-state index in [9.17, 15) is 9.59 Å². The molecule has 0 bridgehead atoms. The molecule has 0 aliphatic carbocycles. The van der Waals surface area contributed by atoms with Gasteiger partial charge >= 0.3 is 0 Å². The van der Waals surface area contributed by atoms with E-state index in [0.717, 1.165) is 41.5 Å². The van der Waals surface area contributed by atoms with Gasteiger partial charge in [0.05, 0.1) is 18.0 Å². The molecule has 2 heterocycles. The van der Waals surface area contributed by atoms with Crippen molar-refractivity contribution < 1.29 is 9.59 Å². The highest BCUT2D eigenvalue weighted by Gasteiger charge is 2.28. The van der Waals surface area contributed by atoms with E-state index in [-0.39, 0.29) is 17.7 Å². The summed E-state index contributed by atoms with van der Waals surface area (Å²) in [6.07, 6.45) is 3.92. The molecule has 2 N–H and O–H groups in total. The molecule has 5 nitrogen and oxygen atoms in total. The van der Waals surface area contributed by atoms with Gasteiger partial charge in [0.15, 0.2) is 0 Å². The topological polar surface area (TPSA) is 65.2 Å². The smallest absolute Gasteiger partial charge is 0.229 e. The van der Waals surface area contributed by atoms with Gasteiger partial charge in [-0.05, 0) is 36.6 Å². The minimum atomic E-state index is -0.173. The van der Waals surface area contributed by atoms with E-state index in [1.807, 2.05) is 65.7 Å². The number of amides is 2. The number of H-pyrrole nitrogens is 1. The van der Waals surface area contributed by atoms with E-state index in [1.54, 1.807) is 0 Å². The summed E-state index contributed by atoms with van der Waals surface area (Å²) in [5.74, 6) is -0.0972. The lowest BCUT2D eigenvalue weighted by atomic mass is 9.96. The van der Waals surface area contributed by atoms with Crippen LogP contribution in [0, 0.1) is 5.92 Å². The van der Waals surface area contributed by atoms with Gasteiger partial charge in [0.1, 0.15) is 0 Å². The van der Waals surface area contributed by atoms with Gasteiger partial charge in [-0.15, -0.1) is 0 Å². The minimum absolute atomic E-state index is 0.0130. The van der Waals surface area contributed by atoms with E-state index in [4.69, 9.17) is 0 Å². The van der Waals surface area contributed by atoms with Crippen LogP contribution in [0.3, 0.4) is 0 Å². The summed E-state index contributed by atoms with van der Waals surface area (Å²) in [7, 11) is 0. The molecular weight excluding hydrogens is 338 g/mol. The molecule has 4 rings (SSSR count). The van der Waals surface area contributed by atoms with Crippen molar-refractivity contribution in [3.05, 3.63) is 66.4 Å². The van der Waals surface area contributed by atoms with Crippen molar-refractivity contribution in [1.29, 1.82) is 0 Å². The number of carbonyl (C=O) groups excluding carboxylic acids is 2. The highest BCUT2D eigenvalue weighted by atomic mass is 16.2. The summed E-state index contributed by atoms with van der Waals surface area (Å²) >= 11 is 0. The largest absolute Gasteiger partial charge is 0.361 e. The van der Waals surface area contributed by atoms with Crippen molar-refractivity contribution in [3.8, 4) is 0 Å². The molecule has 0 saturated carbocycles. The summed E-state index contributed by atoms with van der Waals surface area (Å²) in [5, 5.41) is 4.05. The molecule has 1 saturated heterocycles. The van der Waals surface area contributed by atoms with Gasteiger partial charge in [-0.25, -0.2) is 0 Å². The third kappa shape index (κ3) is 3.87. The number of piperidine rings is 1. The number of hydrogen-bond donors (Lipinski definition) is 2. The highest BCUT2D eigenvalue weighted by molar-refractivity contribution is 6.02. The first-order valence-electron chi connectivity index (χ1n) is 9.39. The van der Waals surface area contributed by atoms with Crippen LogP contribution in [0.2, 0.25) is 0 Å². The van der Waals surface area contributed by atoms with E-state index in [0.29, 0.717) is 13.0 Å². The fraction of sp³-hybridized carbons (Fsp3) is 0.273. The van der Waals surface area contributed by atoms with Crippen molar-refractivity contribution in [2.45, 2.75) is 19.3 Å². The number of aromatic amines is 1. The SMILES string of the molecule is O=C(Nc1cccc2[nH]ccc12)C1CCCN(C(=O)Cc2ccccc2)C1. The van der Waals surface area contributed by atoms with E-state index in [2.05, 4.69) is 10.3 Å². The van der Waals surface area contributed by atoms with Crippen molar-refractivity contribution >= 4 is 28.4 Å². The molecule has 1 fully saturated rings. The molecule has 1 aromatic heterocycles. The summed E-state index contributed by atoms with van der Waals surface area (Å²) in [6, 6.07) is 17.5. The second-order valence-electron chi connectivity index (χ2n) is 7.08. The van der Waals surface area contributed by atoms with E-state index in [1.165, 1.54) is 0 Å². The number of benzene rings is 2. The van der Waals surface area contributed by atoms with E-state index >= 15 is 0 Å². The summed E-state index contributed by atoms with van der Waals surface area (Å²) in [5.41, 5.74) is 2.82. The quantitative estimate of drug-likeness (QED) is 0.746. The Hall–Kier alpha value is -3.08. The number of aromatic nitrogens is 1. The number of fused-ring (bicyclic) bond motifs is 1. The monoisotopic (exact) mass is 361 g/mol. The molecule has 3 aromatic rings. The summed E-state index contributed by atoms with van der Waals surface area (Å²) < 4.78 is 0. The van der Waals surface area contributed by atoms with Crippen LogP contribution in [0.4, 0.5) is 5.69 Å². The van der Waals surface area contributed by atoms with Gasteiger partial charge in [-0.1, -0.05) is 36.4 Å². The summed E-state index contributed by atoms with van der Waals surface area (Å²) in [4.78, 5) is 30.4. The standard InChI is InChI=1S/C22H23N3O2/c26-21(14-16-6-2-1-3-7-16)25-13-5-8-17(15-25)22(27)24-20-10-4-9-19-18(20)11-12-23-19/h1-4,6-7,9-12,17,23H,5,8,13-15H2,(H,24,27). The molecule has 0 spiro atoms. The lowest BCUT2D eigenvalue weighted by molar-refractivity contribution is -0.133. The van der Waals surface area contributed by atoms with Crippen molar-refractivity contribution in [2.75, 3.05) is 18.4 Å². The van der Waals surface area contributed by atoms with Gasteiger partial charge in [0.25, 0.3) is 0 Å². The molecule has 138 valence electrons. The fourth-order valence-corrected chi connectivity index (χ4v) is 3.73. The number of nitrogens with zero attached hydrogens (tertiary/aromatic N) is 1. The number of rotatable bonds is 4. The lowest BCUT2D eigenvalue weighted by Gasteiger charge is -2.32. The van der Waals surface area contributed by atoms with Gasteiger partial charge in [0, 0.05) is 30.2 Å². The predicted octanol–water partition coefficient (Wildman–Crippen LogP) is 3.59. The van der Waals surface area contributed by atoms with Crippen LogP contribution in [0.25, 0.3) is 10.9 Å². The number of hydrogen-bond acceptors (Lipinski definition) is 2. The fourth-order valence-electron chi connectivity index (χ4n) is 3.73. The van der Waals surface area contributed by atoms with Crippen LogP contribution in [-0.4, -0.2) is 34.8 Å². The first kappa shape index (κ1) is 17.3. The molecule has 1 atom stereocenters. The third-order valence-electron chi connectivity index (χ3n) is 5.20. The van der Waals surface area contributed by atoms with Crippen LogP contribution in [-0.2, 0) is 16.0 Å². The second kappa shape index (κ2) is 7.66. The van der Waals surface area contributed by atoms with Crippen LogP contribution >= 0.6 is 0 Å². The van der Waals surface area contributed by atoms with Crippen molar-refractivity contribution in [1.82, 2.24) is 9.88 Å². The molecule has 2 amide bonds. The minimum Gasteiger partial charge on any atom is -0.361 e. The molecule has 1 aliphatic heterocycles. The Morgan fingerprint density at radius 3 is 2.78 bits per heavy atom. The number of likely N-dealkylation sites (tertiary alicyclic amines) is 1. The first-order valence-corrected chi connectivity index (χ1v) is 9.39. The predicted molar refractivity (Wildman–Crippen MR) is 106 cm³/mol.